The van der Waals surface area contributed by atoms with Crippen LogP contribution in [0.15, 0.2) is 60.7 Å². The molecule has 1 saturated heterocycles. The van der Waals surface area contributed by atoms with Gasteiger partial charge in [-0.2, -0.15) is 4.31 Å². The lowest BCUT2D eigenvalue weighted by molar-refractivity contribution is -0.132. The second-order valence-electron chi connectivity index (χ2n) is 6.62. The van der Waals surface area contributed by atoms with E-state index >= 15 is 0 Å². The number of piperazine rings is 1. The number of carbonyl (C=O) groups is 1. The number of rotatable bonds is 5. The average Bonchev–Trinajstić information content (AvgIpc) is 2.67. The van der Waals surface area contributed by atoms with E-state index in [1.54, 1.807) is 4.90 Å². The summed E-state index contributed by atoms with van der Waals surface area (Å²) in [7, 11) is -3.19. The van der Waals surface area contributed by atoms with Crippen LogP contribution in [0.1, 0.15) is 23.5 Å². The van der Waals surface area contributed by atoms with Gasteiger partial charge in [-0.3, -0.25) is 4.79 Å². The van der Waals surface area contributed by atoms with Gasteiger partial charge < -0.3 is 4.90 Å². The van der Waals surface area contributed by atoms with Crippen molar-refractivity contribution in [1.82, 2.24) is 9.21 Å². The molecule has 0 bridgehead atoms. The molecule has 3 rings (SSSR count). The third-order valence-corrected chi connectivity index (χ3v) is 6.15. The Morgan fingerprint density at radius 2 is 1.35 bits per heavy atom. The molecule has 0 saturated carbocycles. The Hall–Kier alpha value is -2.18. The largest absolute Gasteiger partial charge is 0.340 e. The number of nitrogens with zero attached hydrogens (tertiary/aromatic N) is 2. The topological polar surface area (TPSA) is 57.7 Å². The van der Waals surface area contributed by atoms with Crippen molar-refractivity contribution in [2.75, 3.05) is 32.4 Å². The standard InChI is InChI=1S/C20H24N2O3S/c1-26(24,25)22-14-12-21(13-15-22)20(23)16-19(17-8-4-2-5-9-17)18-10-6-3-7-11-18/h2-11,19H,12-16H2,1H3. The van der Waals surface area contributed by atoms with Gasteiger partial charge in [0, 0.05) is 38.5 Å². The molecule has 0 atom stereocenters. The number of benzene rings is 2. The Kier molecular flexibility index (Phi) is 5.74. The summed E-state index contributed by atoms with van der Waals surface area (Å²) in [5.74, 6) is 0.0636. The van der Waals surface area contributed by atoms with E-state index in [0.29, 0.717) is 32.6 Å². The van der Waals surface area contributed by atoms with Crippen LogP contribution in [0.2, 0.25) is 0 Å². The highest BCUT2D eigenvalue weighted by Gasteiger charge is 2.28. The van der Waals surface area contributed by atoms with Gasteiger partial charge in [-0.05, 0) is 11.1 Å². The fourth-order valence-corrected chi connectivity index (χ4v) is 4.20. The minimum Gasteiger partial charge on any atom is -0.340 e. The second-order valence-corrected chi connectivity index (χ2v) is 8.60. The summed E-state index contributed by atoms with van der Waals surface area (Å²) in [6.07, 6.45) is 1.60. The van der Waals surface area contributed by atoms with Gasteiger partial charge in [-0.15, -0.1) is 0 Å². The van der Waals surface area contributed by atoms with Crippen LogP contribution in [0.4, 0.5) is 0 Å². The first-order valence-electron chi connectivity index (χ1n) is 8.78. The number of carbonyl (C=O) groups excluding carboxylic acids is 1. The zero-order chi connectivity index (χ0) is 18.6. The van der Waals surface area contributed by atoms with Crippen LogP contribution in [0.5, 0.6) is 0 Å². The minimum absolute atomic E-state index is 0.00200. The fourth-order valence-electron chi connectivity index (χ4n) is 3.37. The highest BCUT2D eigenvalue weighted by Crippen LogP contribution is 2.28. The third-order valence-electron chi connectivity index (χ3n) is 4.84. The minimum atomic E-state index is -3.19. The Balaban J connectivity index is 1.73. The van der Waals surface area contributed by atoms with Crippen molar-refractivity contribution < 1.29 is 13.2 Å². The molecule has 2 aromatic carbocycles. The maximum atomic E-state index is 12.9. The molecule has 1 aliphatic heterocycles. The second kappa shape index (κ2) is 8.01. The molecule has 0 N–H and O–H groups in total. The zero-order valence-corrected chi connectivity index (χ0v) is 15.7. The van der Waals surface area contributed by atoms with Gasteiger partial charge in [0.25, 0.3) is 0 Å². The molecule has 1 fully saturated rings. The molecule has 1 aliphatic rings. The van der Waals surface area contributed by atoms with Crippen molar-refractivity contribution in [2.24, 2.45) is 0 Å². The third kappa shape index (κ3) is 4.51. The Morgan fingerprint density at radius 3 is 1.77 bits per heavy atom. The van der Waals surface area contributed by atoms with Crippen molar-refractivity contribution in [3.63, 3.8) is 0 Å². The number of hydrogen-bond acceptors (Lipinski definition) is 3. The smallest absolute Gasteiger partial charge is 0.223 e. The molecule has 1 heterocycles. The molecular formula is C20H24N2O3S. The van der Waals surface area contributed by atoms with Crippen LogP contribution < -0.4 is 0 Å². The van der Waals surface area contributed by atoms with Crippen molar-refractivity contribution in [2.45, 2.75) is 12.3 Å². The predicted octanol–water partition coefficient (Wildman–Crippen LogP) is 2.31. The van der Waals surface area contributed by atoms with Crippen molar-refractivity contribution in [3.8, 4) is 0 Å². The van der Waals surface area contributed by atoms with E-state index in [-0.39, 0.29) is 11.8 Å². The molecule has 5 nitrogen and oxygen atoms in total. The van der Waals surface area contributed by atoms with Crippen LogP contribution >= 0.6 is 0 Å². The van der Waals surface area contributed by atoms with Gasteiger partial charge in [0.15, 0.2) is 0 Å². The van der Waals surface area contributed by atoms with Crippen LogP contribution in [0.25, 0.3) is 0 Å². The fraction of sp³-hybridized carbons (Fsp3) is 0.350. The first kappa shape index (κ1) is 18.6. The molecular weight excluding hydrogens is 348 g/mol. The molecule has 138 valence electrons. The van der Waals surface area contributed by atoms with Crippen LogP contribution in [0, 0.1) is 0 Å². The molecule has 0 aromatic heterocycles. The Bertz CT molecular complexity index is 790. The highest BCUT2D eigenvalue weighted by molar-refractivity contribution is 7.88. The van der Waals surface area contributed by atoms with Crippen LogP contribution in [-0.2, 0) is 14.8 Å². The molecule has 0 spiro atoms. The lowest BCUT2D eigenvalue weighted by Crippen LogP contribution is -2.50. The average molecular weight is 372 g/mol. The van der Waals surface area contributed by atoms with E-state index < -0.39 is 10.0 Å². The van der Waals surface area contributed by atoms with E-state index in [1.807, 2.05) is 60.7 Å². The van der Waals surface area contributed by atoms with Crippen LogP contribution in [-0.4, -0.2) is 56.0 Å². The first-order valence-corrected chi connectivity index (χ1v) is 10.6. The van der Waals surface area contributed by atoms with E-state index in [9.17, 15) is 13.2 Å². The summed E-state index contributed by atoms with van der Waals surface area (Å²) >= 11 is 0. The van der Waals surface area contributed by atoms with Crippen molar-refractivity contribution in [3.05, 3.63) is 71.8 Å². The SMILES string of the molecule is CS(=O)(=O)N1CCN(C(=O)CC(c2ccccc2)c2ccccc2)CC1. The van der Waals surface area contributed by atoms with Crippen molar-refractivity contribution in [1.29, 1.82) is 0 Å². The monoisotopic (exact) mass is 372 g/mol. The summed E-state index contributed by atoms with van der Waals surface area (Å²) < 4.78 is 24.7. The molecule has 26 heavy (non-hydrogen) atoms. The summed E-state index contributed by atoms with van der Waals surface area (Å²) in [5, 5.41) is 0. The van der Waals surface area contributed by atoms with E-state index in [2.05, 4.69) is 0 Å². The van der Waals surface area contributed by atoms with Crippen molar-refractivity contribution >= 4 is 15.9 Å². The molecule has 0 unspecified atom stereocenters. The Labute approximate surface area is 155 Å². The number of hydrogen-bond donors (Lipinski definition) is 0. The summed E-state index contributed by atoms with van der Waals surface area (Å²) in [6, 6.07) is 20.1. The van der Waals surface area contributed by atoms with Crippen LogP contribution in [0.3, 0.4) is 0 Å². The van der Waals surface area contributed by atoms with Gasteiger partial charge in [0.1, 0.15) is 0 Å². The summed E-state index contributed by atoms with van der Waals surface area (Å²) in [4.78, 5) is 14.6. The van der Waals surface area contributed by atoms with Gasteiger partial charge in [0.05, 0.1) is 6.26 Å². The number of sulfonamides is 1. The lowest BCUT2D eigenvalue weighted by Gasteiger charge is -2.34. The van der Waals surface area contributed by atoms with Gasteiger partial charge in [-0.25, -0.2) is 8.42 Å². The van der Waals surface area contributed by atoms with Gasteiger partial charge in [-0.1, -0.05) is 60.7 Å². The molecule has 1 amide bonds. The summed E-state index contributed by atoms with van der Waals surface area (Å²) in [5.41, 5.74) is 2.23. The number of amides is 1. The summed E-state index contributed by atoms with van der Waals surface area (Å²) in [6.45, 7) is 1.63. The van der Waals surface area contributed by atoms with E-state index in [4.69, 9.17) is 0 Å². The lowest BCUT2D eigenvalue weighted by atomic mass is 9.88. The quantitative estimate of drug-likeness (QED) is 0.809. The highest BCUT2D eigenvalue weighted by atomic mass is 32.2. The van der Waals surface area contributed by atoms with Gasteiger partial charge >= 0.3 is 0 Å². The zero-order valence-electron chi connectivity index (χ0n) is 14.9. The maximum Gasteiger partial charge on any atom is 0.223 e. The van der Waals surface area contributed by atoms with E-state index in [1.165, 1.54) is 10.6 Å². The first-order chi connectivity index (χ1) is 12.4. The Morgan fingerprint density at radius 1 is 0.885 bits per heavy atom. The molecule has 0 aliphatic carbocycles. The van der Waals surface area contributed by atoms with Gasteiger partial charge in [0.2, 0.25) is 15.9 Å². The van der Waals surface area contributed by atoms with E-state index in [0.717, 1.165) is 11.1 Å². The molecule has 0 radical (unpaired) electrons. The maximum absolute atomic E-state index is 12.9. The predicted molar refractivity (Wildman–Crippen MR) is 102 cm³/mol. The normalized spacial score (nSPS) is 16.0. The molecule has 2 aromatic rings. The molecule has 6 heteroatoms.